The first-order chi connectivity index (χ1) is 9.06. The molecule has 1 aliphatic rings. The fourth-order valence-electron chi connectivity index (χ4n) is 1.66. The number of benzene rings is 1. The van der Waals surface area contributed by atoms with Crippen LogP contribution in [-0.2, 0) is 9.53 Å². The average molecular weight is 270 g/mol. The van der Waals surface area contributed by atoms with Gasteiger partial charge in [-0.15, -0.1) is 0 Å². The third-order valence-corrected chi connectivity index (χ3v) is 2.66. The normalized spacial score (nSPS) is 14.4. The molecule has 1 N–H and O–H groups in total. The van der Waals surface area contributed by atoms with Crippen LogP contribution < -0.4 is 5.32 Å². The summed E-state index contributed by atoms with van der Waals surface area (Å²) in [5.41, 5.74) is 0.174. The lowest BCUT2D eigenvalue weighted by atomic mass is 10.3. The van der Waals surface area contributed by atoms with E-state index >= 15 is 0 Å². The van der Waals surface area contributed by atoms with Gasteiger partial charge in [-0.2, -0.15) is 0 Å². The molecule has 1 heterocycles. The lowest BCUT2D eigenvalue weighted by molar-refractivity contribution is -0.116. The molecule has 0 unspecified atom stereocenters. The van der Waals surface area contributed by atoms with Crippen LogP contribution in [0.15, 0.2) is 18.2 Å². The Morgan fingerprint density at radius 2 is 2.16 bits per heavy atom. The van der Waals surface area contributed by atoms with Gasteiger partial charge >= 0.3 is 6.09 Å². The molecule has 0 radical (unpaired) electrons. The summed E-state index contributed by atoms with van der Waals surface area (Å²) < 4.78 is 30.3. The number of rotatable bonds is 4. The summed E-state index contributed by atoms with van der Waals surface area (Å²) in [4.78, 5) is 24.1. The molecular weight excluding hydrogens is 258 g/mol. The molecule has 0 bridgehead atoms. The summed E-state index contributed by atoms with van der Waals surface area (Å²) in [5, 5.41) is 2.42. The van der Waals surface area contributed by atoms with Crippen molar-refractivity contribution in [1.29, 1.82) is 0 Å². The predicted octanol–water partition coefficient (Wildman–Crippen LogP) is 1.75. The highest BCUT2D eigenvalue weighted by molar-refractivity contribution is 5.91. The fourth-order valence-corrected chi connectivity index (χ4v) is 1.66. The van der Waals surface area contributed by atoms with Gasteiger partial charge in [0.25, 0.3) is 0 Å². The van der Waals surface area contributed by atoms with Crippen LogP contribution in [0.5, 0.6) is 0 Å². The van der Waals surface area contributed by atoms with Crippen LogP contribution in [0.1, 0.15) is 6.42 Å². The van der Waals surface area contributed by atoms with Crippen LogP contribution in [-0.4, -0.2) is 36.6 Å². The maximum atomic E-state index is 12.9. The Kier molecular flexibility index (Phi) is 3.94. The molecule has 0 aromatic heterocycles. The molecule has 0 saturated carbocycles. The molecule has 1 aromatic carbocycles. The molecule has 102 valence electrons. The van der Waals surface area contributed by atoms with Gasteiger partial charge in [-0.1, -0.05) is 0 Å². The predicted molar refractivity (Wildman–Crippen MR) is 62.5 cm³/mol. The first-order valence-electron chi connectivity index (χ1n) is 5.73. The van der Waals surface area contributed by atoms with Crippen LogP contribution in [0.3, 0.4) is 0 Å². The van der Waals surface area contributed by atoms with Crippen LogP contribution in [0.25, 0.3) is 0 Å². The van der Waals surface area contributed by atoms with Gasteiger partial charge in [0.15, 0.2) is 11.6 Å². The van der Waals surface area contributed by atoms with Crippen molar-refractivity contribution in [2.24, 2.45) is 0 Å². The highest BCUT2D eigenvalue weighted by Gasteiger charge is 2.22. The van der Waals surface area contributed by atoms with E-state index < -0.39 is 17.7 Å². The van der Waals surface area contributed by atoms with E-state index in [0.717, 1.165) is 12.1 Å². The smallest absolute Gasteiger partial charge is 0.409 e. The number of hydrogen-bond donors (Lipinski definition) is 1. The Balaban J connectivity index is 1.83. The number of amides is 2. The summed E-state index contributed by atoms with van der Waals surface area (Å²) in [7, 11) is 0. The lowest BCUT2D eigenvalue weighted by Crippen LogP contribution is -2.28. The average Bonchev–Trinajstić information content (AvgIpc) is 2.77. The van der Waals surface area contributed by atoms with Gasteiger partial charge in [0.2, 0.25) is 5.91 Å². The zero-order valence-corrected chi connectivity index (χ0v) is 9.99. The Labute approximate surface area is 108 Å². The van der Waals surface area contributed by atoms with Gasteiger partial charge in [-0.25, -0.2) is 13.6 Å². The number of halogens is 2. The zero-order valence-electron chi connectivity index (χ0n) is 9.99. The Hall–Kier alpha value is -2.18. The maximum absolute atomic E-state index is 12.9. The SMILES string of the molecule is O=C(CCN1CCOC1=O)Nc1ccc(F)c(F)c1. The topological polar surface area (TPSA) is 58.6 Å². The molecule has 1 aliphatic heterocycles. The highest BCUT2D eigenvalue weighted by Crippen LogP contribution is 2.13. The first-order valence-corrected chi connectivity index (χ1v) is 5.73. The van der Waals surface area contributed by atoms with E-state index in [1.807, 2.05) is 0 Å². The monoisotopic (exact) mass is 270 g/mol. The van der Waals surface area contributed by atoms with Crippen molar-refractivity contribution >= 4 is 17.7 Å². The Morgan fingerprint density at radius 3 is 2.79 bits per heavy atom. The third kappa shape index (κ3) is 3.40. The van der Waals surface area contributed by atoms with Gasteiger partial charge in [0.05, 0.1) is 6.54 Å². The largest absolute Gasteiger partial charge is 0.448 e. The second-order valence-electron chi connectivity index (χ2n) is 4.03. The minimum atomic E-state index is -1.03. The molecule has 19 heavy (non-hydrogen) atoms. The third-order valence-electron chi connectivity index (χ3n) is 2.66. The number of carbonyl (C=O) groups is 2. The molecule has 5 nitrogen and oxygen atoms in total. The van der Waals surface area contributed by atoms with E-state index in [9.17, 15) is 18.4 Å². The summed E-state index contributed by atoms with van der Waals surface area (Å²) >= 11 is 0. The molecular formula is C12H12F2N2O3. The van der Waals surface area contributed by atoms with E-state index in [-0.39, 0.29) is 24.6 Å². The van der Waals surface area contributed by atoms with Crippen molar-refractivity contribution in [3.8, 4) is 0 Å². The minimum absolute atomic E-state index is 0.0636. The molecule has 0 aliphatic carbocycles. The van der Waals surface area contributed by atoms with Crippen molar-refractivity contribution in [3.05, 3.63) is 29.8 Å². The number of cyclic esters (lactones) is 1. The number of ether oxygens (including phenoxy) is 1. The van der Waals surface area contributed by atoms with Crippen molar-refractivity contribution in [1.82, 2.24) is 4.90 Å². The number of carbonyl (C=O) groups excluding carboxylic acids is 2. The standard InChI is InChI=1S/C12H12F2N2O3/c13-9-2-1-8(7-10(9)14)15-11(17)3-4-16-5-6-19-12(16)18/h1-2,7H,3-6H2,(H,15,17). The van der Waals surface area contributed by atoms with E-state index in [1.54, 1.807) is 0 Å². The summed E-state index contributed by atoms with van der Waals surface area (Å²) in [5.74, 6) is -2.38. The van der Waals surface area contributed by atoms with Crippen molar-refractivity contribution in [3.63, 3.8) is 0 Å². The number of hydrogen-bond acceptors (Lipinski definition) is 3. The molecule has 2 amide bonds. The Bertz CT molecular complexity index is 508. The lowest BCUT2D eigenvalue weighted by Gasteiger charge is -2.12. The van der Waals surface area contributed by atoms with Gasteiger partial charge in [-0.3, -0.25) is 4.79 Å². The Morgan fingerprint density at radius 1 is 1.37 bits per heavy atom. The first kappa shape index (κ1) is 13.3. The summed E-state index contributed by atoms with van der Waals surface area (Å²) in [6.07, 6.45) is -0.380. The number of anilines is 1. The maximum Gasteiger partial charge on any atom is 0.409 e. The molecule has 7 heteroatoms. The van der Waals surface area contributed by atoms with E-state index in [2.05, 4.69) is 5.32 Å². The van der Waals surface area contributed by atoms with Crippen LogP contribution in [0, 0.1) is 11.6 Å². The molecule has 2 rings (SSSR count). The number of nitrogens with one attached hydrogen (secondary N) is 1. The number of nitrogens with zero attached hydrogens (tertiary/aromatic N) is 1. The fraction of sp³-hybridized carbons (Fsp3) is 0.333. The highest BCUT2D eigenvalue weighted by atomic mass is 19.2. The summed E-state index contributed by atoms with van der Waals surface area (Å²) in [6.45, 7) is 1.01. The van der Waals surface area contributed by atoms with Crippen molar-refractivity contribution in [2.75, 3.05) is 25.0 Å². The van der Waals surface area contributed by atoms with Gasteiger partial charge in [-0.05, 0) is 12.1 Å². The van der Waals surface area contributed by atoms with E-state index in [4.69, 9.17) is 4.74 Å². The van der Waals surface area contributed by atoms with Crippen molar-refractivity contribution in [2.45, 2.75) is 6.42 Å². The molecule has 1 aromatic rings. The second-order valence-corrected chi connectivity index (χ2v) is 4.03. The summed E-state index contributed by atoms with van der Waals surface area (Å²) in [6, 6.07) is 3.10. The quantitative estimate of drug-likeness (QED) is 0.906. The van der Waals surface area contributed by atoms with Gasteiger partial charge < -0.3 is 15.0 Å². The van der Waals surface area contributed by atoms with Gasteiger partial charge in [0.1, 0.15) is 6.61 Å². The minimum Gasteiger partial charge on any atom is -0.448 e. The molecule has 0 spiro atoms. The zero-order chi connectivity index (χ0) is 13.8. The molecule has 1 fully saturated rings. The molecule has 0 atom stereocenters. The van der Waals surface area contributed by atoms with Crippen molar-refractivity contribution < 1.29 is 23.1 Å². The van der Waals surface area contributed by atoms with E-state index in [0.29, 0.717) is 13.2 Å². The van der Waals surface area contributed by atoms with Crippen LogP contribution >= 0.6 is 0 Å². The molecule has 1 saturated heterocycles. The van der Waals surface area contributed by atoms with E-state index in [1.165, 1.54) is 11.0 Å². The van der Waals surface area contributed by atoms with Gasteiger partial charge in [0, 0.05) is 24.7 Å². The van der Waals surface area contributed by atoms with Crippen LogP contribution in [0.4, 0.5) is 19.3 Å². The van der Waals surface area contributed by atoms with Crippen LogP contribution in [0.2, 0.25) is 0 Å². The second kappa shape index (κ2) is 5.64.